The van der Waals surface area contributed by atoms with E-state index in [2.05, 4.69) is 15.4 Å². The Bertz CT molecular complexity index is 677. The fourth-order valence-electron chi connectivity index (χ4n) is 3.83. The van der Waals surface area contributed by atoms with Gasteiger partial charge in [0.15, 0.2) is 5.69 Å². The molecule has 0 radical (unpaired) electrons. The van der Waals surface area contributed by atoms with Gasteiger partial charge in [-0.25, -0.2) is 0 Å². The SMILES string of the molecule is O=C(c1noc2c1CCCC2)N1CCC[C@H](Cc2ccn[nH]2)C1. The van der Waals surface area contributed by atoms with Crippen molar-refractivity contribution in [3.05, 3.63) is 35.0 Å². The van der Waals surface area contributed by atoms with Crippen molar-refractivity contribution in [1.29, 1.82) is 0 Å². The first kappa shape index (κ1) is 14.5. The summed E-state index contributed by atoms with van der Waals surface area (Å²) in [5.41, 5.74) is 2.75. The van der Waals surface area contributed by atoms with Crippen LogP contribution in [0, 0.1) is 5.92 Å². The number of aryl methyl sites for hydroxylation is 1. The summed E-state index contributed by atoms with van der Waals surface area (Å²) < 4.78 is 5.40. The molecular weight excluding hydrogens is 292 g/mol. The maximum Gasteiger partial charge on any atom is 0.276 e. The van der Waals surface area contributed by atoms with Gasteiger partial charge in [-0.3, -0.25) is 9.89 Å². The summed E-state index contributed by atoms with van der Waals surface area (Å²) in [4.78, 5) is 14.8. The lowest BCUT2D eigenvalue weighted by Crippen LogP contribution is -2.41. The summed E-state index contributed by atoms with van der Waals surface area (Å²) in [5, 5.41) is 11.1. The first-order valence-corrected chi connectivity index (χ1v) is 8.56. The van der Waals surface area contributed by atoms with E-state index < -0.39 is 0 Å². The van der Waals surface area contributed by atoms with Crippen LogP contribution >= 0.6 is 0 Å². The first-order valence-electron chi connectivity index (χ1n) is 8.56. The van der Waals surface area contributed by atoms with Gasteiger partial charge in [0.25, 0.3) is 5.91 Å². The Morgan fingerprint density at radius 1 is 1.35 bits per heavy atom. The van der Waals surface area contributed by atoms with Crippen molar-refractivity contribution in [2.45, 2.75) is 44.9 Å². The zero-order valence-corrected chi connectivity index (χ0v) is 13.3. The van der Waals surface area contributed by atoms with Crippen LogP contribution in [-0.4, -0.2) is 39.3 Å². The van der Waals surface area contributed by atoms with Crippen LogP contribution in [0.1, 0.15) is 53.2 Å². The summed E-state index contributed by atoms with van der Waals surface area (Å²) in [5.74, 6) is 1.45. The number of nitrogens with zero attached hydrogens (tertiary/aromatic N) is 3. The van der Waals surface area contributed by atoms with E-state index in [0.29, 0.717) is 11.6 Å². The summed E-state index contributed by atoms with van der Waals surface area (Å²) >= 11 is 0. The number of aromatic amines is 1. The van der Waals surface area contributed by atoms with E-state index in [-0.39, 0.29) is 5.91 Å². The second-order valence-electron chi connectivity index (χ2n) is 6.69. The Morgan fingerprint density at radius 3 is 3.13 bits per heavy atom. The third kappa shape index (κ3) is 2.90. The second-order valence-corrected chi connectivity index (χ2v) is 6.69. The van der Waals surface area contributed by atoms with Gasteiger partial charge in [-0.2, -0.15) is 5.10 Å². The van der Waals surface area contributed by atoms with Gasteiger partial charge in [-0.15, -0.1) is 0 Å². The summed E-state index contributed by atoms with van der Waals surface area (Å²) in [6, 6.07) is 2.01. The lowest BCUT2D eigenvalue weighted by molar-refractivity contribution is 0.0661. The van der Waals surface area contributed by atoms with Crippen molar-refractivity contribution in [3.8, 4) is 0 Å². The largest absolute Gasteiger partial charge is 0.360 e. The summed E-state index contributed by atoms with van der Waals surface area (Å²) in [6.07, 6.45) is 9.01. The Kier molecular flexibility index (Phi) is 3.89. The molecule has 1 N–H and O–H groups in total. The molecule has 23 heavy (non-hydrogen) atoms. The molecule has 2 aliphatic rings. The number of amides is 1. The normalized spacial score (nSPS) is 21.2. The Morgan fingerprint density at radius 2 is 2.26 bits per heavy atom. The van der Waals surface area contributed by atoms with Crippen molar-refractivity contribution in [2.75, 3.05) is 13.1 Å². The number of rotatable bonds is 3. The van der Waals surface area contributed by atoms with Crippen molar-refractivity contribution in [2.24, 2.45) is 5.92 Å². The van der Waals surface area contributed by atoms with Gasteiger partial charge in [0.1, 0.15) is 5.76 Å². The number of carbonyl (C=O) groups is 1. The molecule has 2 aromatic rings. The Labute approximate surface area is 135 Å². The number of carbonyl (C=O) groups excluding carboxylic acids is 1. The monoisotopic (exact) mass is 314 g/mol. The van der Waals surface area contributed by atoms with Crippen LogP contribution < -0.4 is 0 Å². The van der Waals surface area contributed by atoms with E-state index in [1.54, 1.807) is 6.20 Å². The Hall–Kier alpha value is -2.11. The number of piperidine rings is 1. The lowest BCUT2D eigenvalue weighted by atomic mass is 9.92. The molecule has 0 unspecified atom stereocenters. The summed E-state index contributed by atoms with van der Waals surface area (Å²) in [6.45, 7) is 1.61. The van der Waals surface area contributed by atoms with Crippen LogP contribution in [0.4, 0.5) is 0 Å². The quantitative estimate of drug-likeness (QED) is 0.944. The molecule has 1 amide bonds. The van der Waals surface area contributed by atoms with Crippen LogP contribution in [-0.2, 0) is 19.3 Å². The number of H-pyrrole nitrogens is 1. The molecule has 4 rings (SSSR count). The average Bonchev–Trinajstić information content (AvgIpc) is 3.24. The molecule has 1 aliphatic carbocycles. The van der Waals surface area contributed by atoms with Crippen molar-refractivity contribution >= 4 is 5.91 Å². The van der Waals surface area contributed by atoms with E-state index in [1.165, 1.54) is 0 Å². The molecule has 2 aromatic heterocycles. The van der Waals surface area contributed by atoms with Gasteiger partial charge in [0.05, 0.1) is 0 Å². The number of hydrogen-bond acceptors (Lipinski definition) is 4. The van der Waals surface area contributed by atoms with E-state index in [1.807, 2.05) is 11.0 Å². The third-order valence-corrected chi connectivity index (χ3v) is 5.03. The van der Waals surface area contributed by atoms with Crippen LogP contribution in [0.15, 0.2) is 16.8 Å². The van der Waals surface area contributed by atoms with Crippen molar-refractivity contribution in [3.63, 3.8) is 0 Å². The van der Waals surface area contributed by atoms with E-state index in [4.69, 9.17) is 4.52 Å². The van der Waals surface area contributed by atoms with Crippen LogP contribution in [0.5, 0.6) is 0 Å². The van der Waals surface area contributed by atoms with Crippen molar-refractivity contribution in [1.82, 2.24) is 20.3 Å². The van der Waals surface area contributed by atoms with Gasteiger partial charge in [-0.1, -0.05) is 5.16 Å². The van der Waals surface area contributed by atoms with E-state index >= 15 is 0 Å². The van der Waals surface area contributed by atoms with E-state index in [9.17, 15) is 4.79 Å². The second kappa shape index (κ2) is 6.18. The highest BCUT2D eigenvalue weighted by Crippen LogP contribution is 2.27. The predicted octanol–water partition coefficient (Wildman–Crippen LogP) is 2.37. The van der Waals surface area contributed by atoms with Gasteiger partial charge < -0.3 is 9.42 Å². The smallest absolute Gasteiger partial charge is 0.276 e. The van der Waals surface area contributed by atoms with Crippen LogP contribution in [0.3, 0.4) is 0 Å². The van der Waals surface area contributed by atoms with Crippen LogP contribution in [0.25, 0.3) is 0 Å². The molecule has 3 heterocycles. The zero-order valence-electron chi connectivity index (χ0n) is 13.3. The molecular formula is C17H22N4O2. The minimum Gasteiger partial charge on any atom is -0.360 e. The molecule has 0 bridgehead atoms. The average molecular weight is 314 g/mol. The minimum absolute atomic E-state index is 0.0474. The number of hydrogen-bond donors (Lipinski definition) is 1. The fraction of sp³-hybridized carbons (Fsp3) is 0.588. The standard InChI is InChI=1S/C17H22N4O2/c22-17(16-14-5-1-2-6-15(14)23-20-16)21-9-3-4-12(11-21)10-13-7-8-18-19-13/h7-8,12H,1-6,9-11H2,(H,18,19)/t12-/m1/s1. The number of aromatic nitrogens is 3. The maximum atomic E-state index is 12.9. The molecule has 0 spiro atoms. The zero-order chi connectivity index (χ0) is 15.6. The molecule has 1 aliphatic heterocycles. The molecule has 1 saturated heterocycles. The topological polar surface area (TPSA) is 75.0 Å². The fourth-order valence-corrected chi connectivity index (χ4v) is 3.83. The number of likely N-dealkylation sites (tertiary alicyclic amines) is 1. The van der Waals surface area contributed by atoms with Crippen molar-refractivity contribution < 1.29 is 9.32 Å². The number of fused-ring (bicyclic) bond motifs is 1. The lowest BCUT2D eigenvalue weighted by Gasteiger charge is -2.32. The van der Waals surface area contributed by atoms with Gasteiger partial charge >= 0.3 is 0 Å². The first-order chi connectivity index (χ1) is 11.3. The molecule has 6 heteroatoms. The Balaban J connectivity index is 1.46. The van der Waals surface area contributed by atoms with Gasteiger partial charge in [-0.05, 0) is 50.5 Å². The number of nitrogens with one attached hydrogen (secondary N) is 1. The third-order valence-electron chi connectivity index (χ3n) is 5.03. The van der Waals surface area contributed by atoms with Gasteiger partial charge in [0.2, 0.25) is 0 Å². The summed E-state index contributed by atoms with van der Waals surface area (Å²) in [7, 11) is 0. The molecule has 0 saturated carbocycles. The molecule has 1 fully saturated rings. The molecule has 1 atom stereocenters. The van der Waals surface area contributed by atoms with Gasteiger partial charge in [0, 0.05) is 37.0 Å². The maximum absolute atomic E-state index is 12.9. The molecule has 122 valence electrons. The van der Waals surface area contributed by atoms with Crippen LogP contribution in [0.2, 0.25) is 0 Å². The molecule has 0 aromatic carbocycles. The highest BCUT2D eigenvalue weighted by atomic mass is 16.5. The minimum atomic E-state index is 0.0474. The predicted molar refractivity (Wildman–Crippen MR) is 84.1 cm³/mol. The van der Waals surface area contributed by atoms with E-state index in [0.717, 1.165) is 75.1 Å². The highest BCUT2D eigenvalue weighted by Gasteiger charge is 2.30. The highest BCUT2D eigenvalue weighted by molar-refractivity contribution is 5.94. The molecule has 6 nitrogen and oxygen atoms in total.